The van der Waals surface area contributed by atoms with Gasteiger partial charge in [0.1, 0.15) is 0 Å². The number of nitrogens with two attached hydrogens (primary N) is 2. The summed E-state index contributed by atoms with van der Waals surface area (Å²) in [6.07, 6.45) is 0.637. The Balaban J connectivity index is 2.13. The van der Waals surface area contributed by atoms with Gasteiger partial charge in [0.2, 0.25) is 5.91 Å². The van der Waals surface area contributed by atoms with Crippen molar-refractivity contribution in [2.75, 3.05) is 11.4 Å². The third-order valence-electron chi connectivity index (χ3n) is 2.52. The Labute approximate surface area is 93.7 Å². The molecule has 1 aromatic carbocycles. The lowest BCUT2D eigenvalue weighted by molar-refractivity contribution is -0.122. The van der Waals surface area contributed by atoms with Crippen molar-refractivity contribution in [2.45, 2.75) is 13.0 Å². The van der Waals surface area contributed by atoms with Crippen molar-refractivity contribution < 1.29 is 4.79 Å². The van der Waals surface area contributed by atoms with E-state index in [0.717, 1.165) is 17.8 Å². The fraction of sp³-hybridized carbons (Fsp3) is 0.273. The molecule has 1 amide bonds. The molecular weight excluding hydrogens is 204 g/mol. The summed E-state index contributed by atoms with van der Waals surface area (Å²) in [6, 6.07) is 7.68. The molecule has 1 aliphatic heterocycles. The molecular formula is C11H14N4O. The minimum atomic E-state index is 0.0745. The zero-order chi connectivity index (χ0) is 11.5. The molecule has 1 fully saturated rings. The number of guanidine groups is 1. The summed E-state index contributed by atoms with van der Waals surface area (Å²) in [5.41, 5.74) is 12.4. The van der Waals surface area contributed by atoms with Crippen LogP contribution in [0.25, 0.3) is 0 Å². The first-order valence-electron chi connectivity index (χ1n) is 5.11. The zero-order valence-electron chi connectivity index (χ0n) is 8.89. The Bertz CT molecular complexity index is 437. The van der Waals surface area contributed by atoms with E-state index < -0.39 is 0 Å². The molecule has 2 rings (SSSR count). The van der Waals surface area contributed by atoms with Crippen LogP contribution >= 0.6 is 0 Å². The van der Waals surface area contributed by atoms with Crippen LogP contribution < -0.4 is 16.4 Å². The molecule has 0 bridgehead atoms. The van der Waals surface area contributed by atoms with Crippen molar-refractivity contribution >= 4 is 17.6 Å². The summed E-state index contributed by atoms with van der Waals surface area (Å²) in [5, 5.41) is 0. The quantitative estimate of drug-likeness (QED) is 0.431. The van der Waals surface area contributed by atoms with E-state index in [2.05, 4.69) is 4.99 Å². The van der Waals surface area contributed by atoms with Gasteiger partial charge in [0.25, 0.3) is 0 Å². The van der Waals surface area contributed by atoms with Crippen LogP contribution in [0.1, 0.15) is 12.0 Å². The van der Waals surface area contributed by atoms with E-state index in [4.69, 9.17) is 11.5 Å². The highest BCUT2D eigenvalue weighted by Gasteiger charge is 2.24. The van der Waals surface area contributed by atoms with Crippen LogP contribution in [0.4, 0.5) is 5.69 Å². The van der Waals surface area contributed by atoms with Gasteiger partial charge in [-0.15, -0.1) is 0 Å². The van der Waals surface area contributed by atoms with E-state index >= 15 is 0 Å². The number of carbonyl (C=O) groups excluding carboxylic acids is 1. The summed E-state index contributed by atoms with van der Waals surface area (Å²) in [5.74, 6) is 0.240. The summed E-state index contributed by atoms with van der Waals surface area (Å²) in [4.78, 5) is 16.9. The number of hydrogen-bond acceptors (Lipinski definition) is 2. The normalized spacial score (nSPS) is 14.5. The van der Waals surface area contributed by atoms with Gasteiger partial charge in [-0.1, -0.05) is 12.1 Å². The average molecular weight is 218 g/mol. The predicted octanol–water partition coefficient (Wildman–Crippen LogP) is 0.197. The number of anilines is 1. The molecule has 0 saturated carbocycles. The Morgan fingerprint density at radius 2 is 2.25 bits per heavy atom. The number of rotatable bonds is 3. The van der Waals surface area contributed by atoms with Crippen LogP contribution in [0.15, 0.2) is 29.3 Å². The monoisotopic (exact) mass is 218 g/mol. The van der Waals surface area contributed by atoms with E-state index in [-0.39, 0.29) is 11.9 Å². The maximum absolute atomic E-state index is 11.3. The topological polar surface area (TPSA) is 84.7 Å². The molecule has 1 saturated heterocycles. The highest BCUT2D eigenvalue weighted by atomic mass is 16.2. The molecule has 5 heteroatoms. The van der Waals surface area contributed by atoms with Crippen LogP contribution in [0.3, 0.4) is 0 Å². The second-order valence-electron chi connectivity index (χ2n) is 3.71. The Hall–Kier alpha value is -2.04. The molecule has 5 nitrogen and oxygen atoms in total. The Morgan fingerprint density at radius 3 is 2.81 bits per heavy atom. The van der Waals surface area contributed by atoms with Crippen molar-refractivity contribution in [3.8, 4) is 0 Å². The summed E-state index contributed by atoms with van der Waals surface area (Å²) in [7, 11) is 0. The predicted molar refractivity (Wildman–Crippen MR) is 62.9 cm³/mol. The van der Waals surface area contributed by atoms with Gasteiger partial charge in [-0.05, 0) is 17.7 Å². The minimum Gasteiger partial charge on any atom is -0.370 e. The smallest absolute Gasteiger partial charge is 0.228 e. The van der Waals surface area contributed by atoms with Crippen molar-refractivity contribution in [1.29, 1.82) is 0 Å². The van der Waals surface area contributed by atoms with Gasteiger partial charge in [0, 0.05) is 18.7 Å². The lowest BCUT2D eigenvalue weighted by Crippen LogP contribution is -2.43. The lowest BCUT2D eigenvalue weighted by Gasteiger charge is -2.30. The van der Waals surface area contributed by atoms with Gasteiger partial charge in [-0.3, -0.25) is 4.79 Å². The lowest BCUT2D eigenvalue weighted by atomic mass is 10.1. The summed E-state index contributed by atoms with van der Waals surface area (Å²) >= 11 is 0. The molecule has 4 N–H and O–H groups in total. The first kappa shape index (κ1) is 10.5. The maximum atomic E-state index is 11.3. The van der Waals surface area contributed by atoms with E-state index in [1.54, 1.807) is 4.90 Å². The van der Waals surface area contributed by atoms with Crippen molar-refractivity contribution in [2.24, 2.45) is 16.5 Å². The summed E-state index contributed by atoms with van der Waals surface area (Å²) in [6.45, 7) is 1.24. The third kappa shape index (κ3) is 2.13. The first-order chi connectivity index (χ1) is 7.66. The fourth-order valence-corrected chi connectivity index (χ4v) is 1.59. The summed E-state index contributed by atoms with van der Waals surface area (Å²) < 4.78 is 0. The molecule has 0 unspecified atom stereocenters. The van der Waals surface area contributed by atoms with Crippen LogP contribution in [-0.2, 0) is 11.3 Å². The molecule has 0 aliphatic carbocycles. The van der Waals surface area contributed by atoms with E-state index in [9.17, 15) is 4.79 Å². The number of amides is 1. The molecule has 84 valence electrons. The number of hydrogen-bond donors (Lipinski definition) is 2. The van der Waals surface area contributed by atoms with Gasteiger partial charge in [0.15, 0.2) is 5.96 Å². The Kier molecular flexibility index (Phi) is 2.76. The molecule has 0 aromatic heterocycles. The molecule has 0 atom stereocenters. The number of nitrogens with zero attached hydrogens (tertiary/aromatic N) is 2. The molecule has 0 spiro atoms. The number of β-lactam (4-membered cyclic amide) rings is 1. The van der Waals surface area contributed by atoms with Crippen LogP contribution in [0.5, 0.6) is 0 Å². The minimum absolute atomic E-state index is 0.0745. The maximum Gasteiger partial charge on any atom is 0.228 e. The van der Waals surface area contributed by atoms with E-state index in [0.29, 0.717) is 13.0 Å². The zero-order valence-corrected chi connectivity index (χ0v) is 8.89. The molecule has 0 radical (unpaired) electrons. The largest absolute Gasteiger partial charge is 0.370 e. The van der Waals surface area contributed by atoms with Crippen molar-refractivity contribution in [3.63, 3.8) is 0 Å². The molecule has 1 aromatic rings. The highest BCUT2D eigenvalue weighted by Crippen LogP contribution is 2.22. The highest BCUT2D eigenvalue weighted by molar-refractivity contribution is 5.99. The fourth-order valence-electron chi connectivity index (χ4n) is 1.59. The van der Waals surface area contributed by atoms with Gasteiger partial charge in [-0.2, -0.15) is 0 Å². The molecule has 16 heavy (non-hydrogen) atoms. The average Bonchev–Trinajstić information content (AvgIpc) is 2.25. The first-order valence-corrected chi connectivity index (χ1v) is 5.11. The van der Waals surface area contributed by atoms with E-state index in [1.807, 2.05) is 24.3 Å². The number of benzene rings is 1. The Morgan fingerprint density at radius 1 is 1.44 bits per heavy atom. The van der Waals surface area contributed by atoms with Crippen molar-refractivity contribution in [3.05, 3.63) is 29.8 Å². The molecule has 1 heterocycles. The van der Waals surface area contributed by atoms with Gasteiger partial charge in [-0.25, -0.2) is 4.99 Å². The van der Waals surface area contributed by atoms with Crippen LogP contribution in [0, 0.1) is 0 Å². The SMILES string of the molecule is NC(N)=NCc1cccc(N2CCC2=O)c1. The number of aliphatic imine (C=N–C) groups is 1. The van der Waals surface area contributed by atoms with Crippen molar-refractivity contribution in [1.82, 2.24) is 0 Å². The third-order valence-corrected chi connectivity index (χ3v) is 2.52. The van der Waals surface area contributed by atoms with E-state index in [1.165, 1.54) is 0 Å². The van der Waals surface area contributed by atoms with Gasteiger partial charge in [0.05, 0.1) is 6.54 Å². The number of carbonyl (C=O) groups is 1. The van der Waals surface area contributed by atoms with Gasteiger partial charge >= 0.3 is 0 Å². The van der Waals surface area contributed by atoms with Gasteiger partial charge < -0.3 is 16.4 Å². The second-order valence-corrected chi connectivity index (χ2v) is 3.71. The van der Waals surface area contributed by atoms with Crippen LogP contribution in [-0.4, -0.2) is 18.4 Å². The molecule has 1 aliphatic rings. The standard InChI is InChI=1S/C11H14N4O/c12-11(13)14-7-8-2-1-3-9(6-8)15-5-4-10(15)16/h1-3,6H,4-5,7H2,(H4,12,13,14). The second kappa shape index (κ2) is 4.22. The van der Waals surface area contributed by atoms with Crippen LogP contribution in [0.2, 0.25) is 0 Å².